The van der Waals surface area contributed by atoms with Gasteiger partial charge < -0.3 is 15.0 Å². The molecule has 1 aromatic rings. The molecule has 20 heavy (non-hydrogen) atoms. The number of halogens is 1. The molecule has 0 saturated carbocycles. The summed E-state index contributed by atoms with van der Waals surface area (Å²) in [6, 6.07) is 5.88. The van der Waals surface area contributed by atoms with E-state index in [2.05, 4.69) is 5.32 Å². The normalized spacial score (nSPS) is 16.4. The zero-order chi connectivity index (χ0) is 14.5. The molecule has 0 spiro atoms. The summed E-state index contributed by atoms with van der Waals surface area (Å²) in [6.45, 7) is 4.76. The number of carbonyl (C=O) groups is 1. The standard InChI is InChI=1S/C15H21FN2O2/c1-11(12-9-17-10-12)15(19)18(2)7-8-20-14-5-3-13(16)4-6-14/h3-6,11-12,17H,7-10H2,1-2H3. The number of amides is 1. The third-order valence-corrected chi connectivity index (χ3v) is 3.79. The van der Waals surface area contributed by atoms with Gasteiger partial charge in [0.2, 0.25) is 5.91 Å². The van der Waals surface area contributed by atoms with E-state index in [-0.39, 0.29) is 17.6 Å². The largest absolute Gasteiger partial charge is 0.492 e. The van der Waals surface area contributed by atoms with E-state index in [1.807, 2.05) is 6.92 Å². The van der Waals surface area contributed by atoms with Crippen LogP contribution < -0.4 is 10.1 Å². The fourth-order valence-corrected chi connectivity index (χ4v) is 2.16. The predicted octanol–water partition coefficient (Wildman–Crippen LogP) is 1.52. The lowest BCUT2D eigenvalue weighted by Crippen LogP contribution is -2.50. The van der Waals surface area contributed by atoms with Crippen molar-refractivity contribution in [3.8, 4) is 5.75 Å². The number of nitrogens with zero attached hydrogens (tertiary/aromatic N) is 1. The number of hydrogen-bond donors (Lipinski definition) is 1. The molecule has 0 aromatic heterocycles. The number of rotatable bonds is 6. The molecule has 110 valence electrons. The van der Waals surface area contributed by atoms with Gasteiger partial charge in [0.25, 0.3) is 0 Å². The Bertz CT molecular complexity index is 446. The second-order valence-electron chi connectivity index (χ2n) is 5.27. The summed E-state index contributed by atoms with van der Waals surface area (Å²) in [7, 11) is 1.79. The van der Waals surface area contributed by atoms with Gasteiger partial charge in [-0.3, -0.25) is 4.79 Å². The molecule has 4 nitrogen and oxygen atoms in total. The number of benzene rings is 1. The minimum atomic E-state index is -0.285. The van der Waals surface area contributed by atoms with Gasteiger partial charge in [0, 0.05) is 13.0 Å². The van der Waals surface area contributed by atoms with Crippen LogP contribution in [0.15, 0.2) is 24.3 Å². The lowest BCUT2D eigenvalue weighted by molar-refractivity contribution is -0.136. The molecule has 1 saturated heterocycles. The Hall–Kier alpha value is -1.62. The summed E-state index contributed by atoms with van der Waals surface area (Å²) in [5, 5.41) is 3.18. The molecule has 0 radical (unpaired) electrons. The van der Waals surface area contributed by atoms with E-state index in [1.54, 1.807) is 24.1 Å². The van der Waals surface area contributed by atoms with Crippen LogP contribution in [0.2, 0.25) is 0 Å². The summed E-state index contributed by atoms with van der Waals surface area (Å²) < 4.78 is 18.2. The summed E-state index contributed by atoms with van der Waals surface area (Å²) in [5.74, 6) is 0.977. The van der Waals surface area contributed by atoms with Crippen LogP contribution in [0, 0.1) is 17.7 Å². The predicted molar refractivity (Wildman–Crippen MR) is 75.1 cm³/mol. The lowest BCUT2D eigenvalue weighted by Gasteiger charge is -2.33. The molecule has 0 aliphatic carbocycles. The maximum Gasteiger partial charge on any atom is 0.225 e. The molecule has 0 bridgehead atoms. The molecule has 1 aliphatic heterocycles. The summed E-state index contributed by atoms with van der Waals surface area (Å²) in [6.07, 6.45) is 0. The van der Waals surface area contributed by atoms with Crippen LogP contribution in [0.3, 0.4) is 0 Å². The summed E-state index contributed by atoms with van der Waals surface area (Å²) in [5.41, 5.74) is 0. The van der Waals surface area contributed by atoms with Gasteiger partial charge >= 0.3 is 0 Å². The molecule has 1 atom stereocenters. The number of nitrogens with one attached hydrogen (secondary N) is 1. The van der Waals surface area contributed by atoms with Gasteiger partial charge in [-0.15, -0.1) is 0 Å². The zero-order valence-electron chi connectivity index (χ0n) is 11.9. The van der Waals surface area contributed by atoms with E-state index in [9.17, 15) is 9.18 Å². The Morgan fingerprint density at radius 3 is 2.65 bits per heavy atom. The fraction of sp³-hybridized carbons (Fsp3) is 0.533. The number of likely N-dealkylation sites (N-methyl/N-ethyl adjacent to an activating group) is 1. The van der Waals surface area contributed by atoms with Gasteiger partial charge in [0.05, 0.1) is 6.54 Å². The number of ether oxygens (including phenoxy) is 1. The lowest BCUT2D eigenvalue weighted by atomic mass is 9.88. The number of hydrogen-bond acceptors (Lipinski definition) is 3. The molecule has 1 amide bonds. The Kier molecular flexibility index (Phi) is 4.95. The molecule has 2 rings (SSSR count). The molecular weight excluding hydrogens is 259 g/mol. The molecule has 5 heteroatoms. The van der Waals surface area contributed by atoms with Gasteiger partial charge in [-0.1, -0.05) is 6.92 Å². The Morgan fingerprint density at radius 2 is 2.10 bits per heavy atom. The minimum Gasteiger partial charge on any atom is -0.492 e. The van der Waals surface area contributed by atoms with Crippen LogP contribution in [0.25, 0.3) is 0 Å². The van der Waals surface area contributed by atoms with Crippen molar-refractivity contribution in [1.29, 1.82) is 0 Å². The highest BCUT2D eigenvalue weighted by Gasteiger charge is 2.30. The smallest absolute Gasteiger partial charge is 0.225 e. The first-order valence-electron chi connectivity index (χ1n) is 6.92. The van der Waals surface area contributed by atoms with Crippen LogP contribution in [0.4, 0.5) is 4.39 Å². The average Bonchev–Trinajstić information content (AvgIpc) is 2.38. The summed E-state index contributed by atoms with van der Waals surface area (Å²) in [4.78, 5) is 13.9. The molecule has 1 fully saturated rings. The highest BCUT2D eigenvalue weighted by Crippen LogP contribution is 2.18. The van der Waals surface area contributed by atoms with Crippen LogP contribution >= 0.6 is 0 Å². The van der Waals surface area contributed by atoms with Crippen molar-refractivity contribution in [2.45, 2.75) is 6.92 Å². The Labute approximate surface area is 118 Å². The van der Waals surface area contributed by atoms with Crippen LogP contribution in [-0.2, 0) is 4.79 Å². The first kappa shape index (κ1) is 14.8. The van der Waals surface area contributed by atoms with Gasteiger partial charge in [0.1, 0.15) is 18.2 Å². The molecule has 1 N–H and O–H groups in total. The SMILES string of the molecule is CC(C(=O)N(C)CCOc1ccc(F)cc1)C1CNC1. The van der Waals surface area contributed by atoms with Crippen LogP contribution in [-0.4, -0.2) is 44.1 Å². The first-order chi connectivity index (χ1) is 9.58. The third-order valence-electron chi connectivity index (χ3n) is 3.79. The van der Waals surface area contributed by atoms with Crippen LogP contribution in [0.1, 0.15) is 6.92 Å². The van der Waals surface area contributed by atoms with E-state index in [1.165, 1.54) is 12.1 Å². The first-order valence-corrected chi connectivity index (χ1v) is 6.92. The zero-order valence-corrected chi connectivity index (χ0v) is 11.9. The Balaban J connectivity index is 1.72. The van der Waals surface area contributed by atoms with Crippen molar-refractivity contribution in [1.82, 2.24) is 10.2 Å². The van der Waals surface area contributed by atoms with Crippen molar-refractivity contribution in [2.24, 2.45) is 11.8 Å². The van der Waals surface area contributed by atoms with E-state index >= 15 is 0 Å². The monoisotopic (exact) mass is 280 g/mol. The van der Waals surface area contributed by atoms with Crippen molar-refractivity contribution >= 4 is 5.91 Å². The highest BCUT2D eigenvalue weighted by atomic mass is 19.1. The van der Waals surface area contributed by atoms with E-state index in [4.69, 9.17) is 4.74 Å². The Morgan fingerprint density at radius 1 is 1.45 bits per heavy atom. The van der Waals surface area contributed by atoms with Crippen molar-refractivity contribution in [3.63, 3.8) is 0 Å². The maximum absolute atomic E-state index is 12.7. The molecule has 1 unspecified atom stereocenters. The molecule has 1 heterocycles. The molecule has 1 aliphatic rings. The van der Waals surface area contributed by atoms with E-state index in [0.29, 0.717) is 24.8 Å². The van der Waals surface area contributed by atoms with Crippen LogP contribution in [0.5, 0.6) is 5.75 Å². The van der Waals surface area contributed by atoms with Crippen molar-refractivity contribution in [3.05, 3.63) is 30.1 Å². The quantitative estimate of drug-likeness (QED) is 0.859. The second-order valence-corrected chi connectivity index (χ2v) is 5.27. The average molecular weight is 280 g/mol. The maximum atomic E-state index is 12.7. The van der Waals surface area contributed by atoms with Gasteiger partial charge in [0.15, 0.2) is 0 Å². The second kappa shape index (κ2) is 6.70. The van der Waals surface area contributed by atoms with Gasteiger partial charge in [-0.25, -0.2) is 4.39 Å². The van der Waals surface area contributed by atoms with E-state index in [0.717, 1.165) is 13.1 Å². The van der Waals surface area contributed by atoms with Gasteiger partial charge in [-0.05, 0) is 43.3 Å². The molecular formula is C15H21FN2O2. The van der Waals surface area contributed by atoms with Gasteiger partial charge in [-0.2, -0.15) is 0 Å². The third kappa shape index (κ3) is 3.70. The van der Waals surface area contributed by atoms with E-state index < -0.39 is 0 Å². The summed E-state index contributed by atoms with van der Waals surface area (Å²) >= 11 is 0. The van der Waals surface area contributed by atoms with Crippen molar-refractivity contribution < 1.29 is 13.9 Å². The molecule has 1 aromatic carbocycles. The fourth-order valence-electron chi connectivity index (χ4n) is 2.16. The van der Waals surface area contributed by atoms with Crippen molar-refractivity contribution in [2.75, 3.05) is 33.3 Å². The topological polar surface area (TPSA) is 41.6 Å². The number of carbonyl (C=O) groups excluding carboxylic acids is 1. The highest BCUT2D eigenvalue weighted by molar-refractivity contribution is 5.78. The minimum absolute atomic E-state index is 0.0482.